The zero-order chi connectivity index (χ0) is 40.7. The third kappa shape index (κ3) is 5.33. The number of hydrogen-bond donors (Lipinski definition) is 0. The molecular formula is C58H36N4. The predicted octanol–water partition coefficient (Wildman–Crippen LogP) is 15.1. The van der Waals surface area contributed by atoms with E-state index in [2.05, 4.69) is 228 Å². The number of para-hydroxylation sites is 3. The Morgan fingerprint density at radius 3 is 1.47 bits per heavy atom. The summed E-state index contributed by atoms with van der Waals surface area (Å²) in [5.41, 5.74) is 13.3. The van der Waals surface area contributed by atoms with Crippen molar-refractivity contribution in [2.24, 2.45) is 0 Å². The summed E-state index contributed by atoms with van der Waals surface area (Å²) in [5.74, 6) is 0.719. The largest absolute Gasteiger partial charge is 0.309 e. The fourth-order valence-corrected chi connectivity index (χ4v) is 9.78. The van der Waals surface area contributed by atoms with Crippen LogP contribution in [-0.2, 0) is 0 Å². The van der Waals surface area contributed by atoms with E-state index in [1.165, 1.54) is 76.6 Å². The molecule has 0 aliphatic carbocycles. The van der Waals surface area contributed by atoms with Crippen LogP contribution in [0.4, 0.5) is 0 Å². The quantitative estimate of drug-likeness (QED) is 0.163. The molecule has 3 heterocycles. The molecule has 0 saturated heterocycles. The third-order valence-electron chi connectivity index (χ3n) is 12.7. The van der Waals surface area contributed by atoms with Crippen LogP contribution in [0.1, 0.15) is 0 Å². The normalized spacial score (nSPS) is 11.9. The summed E-state index contributed by atoms with van der Waals surface area (Å²) in [7, 11) is 0. The van der Waals surface area contributed by atoms with Crippen LogP contribution in [0.15, 0.2) is 218 Å². The molecule has 13 rings (SSSR count). The average molecular weight is 789 g/mol. The topological polar surface area (TPSA) is 35.6 Å². The molecule has 3 aromatic heterocycles. The van der Waals surface area contributed by atoms with Crippen LogP contribution in [0.25, 0.3) is 121 Å². The lowest BCUT2D eigenvalue weighted by molar-refractivity contribution is 1.18. The van der Waals surface area contributed by atoms with Crippen LogP contribution < -0.4 is 0 Å². The lowest BCUT2D eigenvalue weighted by atomic mass is 9.99. The van der Waals surface area contributed by atoms with E-state index >= 15 is 0 Å². The highest BCUT2D eigenvalue weighted by Gasteiger charge is 2.18. The molecule has 288 valence electrons. The van der Waals surface area contributed by atoms with Gasteiger partial charge in [-0.2, -0.15) is 0 Å². The second kappa shape index (κ2) is 13.6. The Morgan fingerprint density at radius 2 is 0.790 bits per heavy atom. The van der Waals surface area contributed by atoms with Gasteiger partial charge in [0.05, 0.1) is 33.3 Å². The number of rotatable bonds is 5. The fourth-order valence-electron chi connectivity index (χ4n) is 9.78. The highest BCUT2D eigenvalue weighted by molar-refractivity contribution is 6.14. The zero-order valence-electron chi connectivity index (χ0n) is 33.6. The van der Waals surface area contributed by atoms with Crippen LogP contribution in [0.5, 0.6) is 0 Å². The van der Waals surface area contributed by atoms with Crippen molar-refractivity contribution in [3.05, 3.63) is 218 Å². The summed E-state index contributed by atoms with van der Waals surface area (Å²) >= 11 is 0. The Hall–Kier alpha value is -8.34. The Morgan fingerprint density at radius 1 is 0.290 bits per heavy atom. The maximum Gasteiger partial charge on any atom is 0.160 e. The molecule has 10 aromatic carbocycles. The summed E-state index contributed by atoms with van der Waals surface area (Å²) in [6.07, 6.45) is 0. The molecule has 0 spiro atoms. The molecule has 0 aliphatic rings. The minimum Gasteiger partial charge on any atom is -0.309 e. The van der Waals surface area contributed by atoms with Crippen molar-refractivity contribution in [1.82, 2.24) is 19.1 Å². The first-order valence-electron chi connectivity index (χ1n) is 21.2. The van der Waals surface area contributed by atoms with E-state index in [4.69, 9.17) is 9.97 Å². The van der Waals surface area contributed by atoms with Crippen molar-refractivity contribution in [2.75, 3.05) is 0 Å². The molecule has 0 N–H and O–H groups in total. The van der Waals surface area contributed by atoms with E-state index in [0.29, 0.717) is 0 Å². The van der Waals surface area contributed by atoms with E-state index in [1.807, 2.05) is 0 Å². The van der Waals surface area contributed by atoms with Gasteiger partial charge in [0.1, 0.15) is 0 Å². The maximum atomic E-state index is 5.36. The summed E-state index contributed by atoms with van der Waals surface area (Å²) in [6, 6.07) is 78.6. The van der Waals surface area contributed by atoms with Crippen molar-refractivity contribution in [3.8, 4) is 45.1 Å². The molecule has 0 unspecified atom stereocenters. The first-order chi connectivity index (χ1) is 30.7. The minimum absolute atomic E-state index is 0.719. The van der Waals surface area contributed by atoms with Crippen molar-refractivity contribution in [1.29, 1.82) is 0 Å². The highest BCUT2D eigenvalue weighted by atomic mass is 15.0. The molecule has 0 radical (unpaired) electrons. The molecule has 4 heteroatoms. The third-order valence-corrected chi connectivity index (χ3v) is 12.7. The monoisotopic (exact) mass is 788 g/mol. The molecule has 0 amide bonds. The van der Waals surface area contributed by atoms with Gasteiger partial charge in [-0.05, 0) is 105 Å². The molecule has 0 bridgehead atoms. The van der Waals surface area contributed by atoms with Gasteiger partial charge < -0.3 is 9.13 Å². The minimum atomic E-state index is 0.719. The lowest BCUT2D eigenvalue weighted by Gasteiger charge is -2.14. The van der Waals surface area contributed by atoms with Gasteiger partial charge in [-0.3, -0.25) is 0 Å². The second-order valence-corrected chi connectivity index (χ2v) is 16.2. The van der Waals surface area contributed by atoms with Gasteiger partial charge in [0.25, 0.3) is 0 Å². The number of benzene rings is 10. The lowest BCUT2D eigenvalue weighted by Crippen LogP contribution is -1.97. The summed E-state index contributed by atoms with van der Waals surface area (Å²) in [6.45, 7) is 0. The van der Waals surface area contributed by atoms with Crippen LogP contribution >= 0.6 is 0 Å². The summed E-state index contributed by atoms with van der Waals surface area (Å²) in [5, 5.41) is 10.7. The van der Waals surface area contributed by atoms with Gasteiger partial charge >= 0.3 is 0 Å². The van der Waals surface area contributed by atoms with Gasteiger partial charge in [0.2, 0.25) is 0 Å². The second-order valence-electron chi connectivity index (χ2n) is 16.2. The molecular weight excluding hydrogens is 753 g/mol. The van der Waals surface area contributed by atoms with Crippen LogP contribution in [0.3, 0.4) is 0 Å². The Bertz CT molecular complexity index is 3910. The van der Waals surface area contributed by atoms with E-state index in [9.17, 15) is 0 Å². The van der Waals surface area contributed by atoms with E-state index < -0.39 is 0 Å². The molecule has 13 aromatic rings. The molecule has 0 aliphatic heterocycles. The van der Waals surface area contributed by atoms with Crippen LogP contribution in [0, 0.1) is 0 Å². The standard InChI is InChI=1S/C58H36N4/c1-2-15-44(16-3-1)61-52-20-10-8-18-47(52)49-35-41(27-32-54(49)61)42-28-33-55-50(36-42)48-19-9-11-21-53(48)62(55)45-29-24-39(25-30-45)57-56-46-17-7-6-13-38(46)26-31-51(56)59-58(60-57)43-23-22-37-12-4-5-14-40(37)34-43/h1-36H. The number of nitrogens with zero attached hydrogens (tertiary/aromatic N) is 4. The van der Waals surface area contributed by atoms with Gasteiger partial charge in [-0.15, -0.1) is 0 Å². The van der Waals surface area contributed by atoms with Crippen molar-refractivity contribution < 1.29 is 0 Å². The fraction of sp³-hybridized carbons (Fsp3) is 0. The van der Waals surface area contributed by atoms with Gasteiger partial charge in [-0.1, -0.05) is 146 Å². The Kier molecular flexibility index (Phi) is 7.57. The maximum absolute atomic E-state index is 5.36. The van der Waals surface area contributed by atoms with Gasteiger partial charge in [0.15, 0.2) is 5.82 Å². The molecule has 62 heavy (non-hydrogen) atoms. The predicted molar refractivity (Wildman–Crippen MR) is 260 cm³/mol. The van der Waals surface area contributed by atoms with E-state index in [1.54, 1.807) is 0 Å². The number of aromatic nitrogens is 4. The van der Waals surface area contributed by atoms with Crippen molar-refractivity contribution in [2.45, 2.75) is 0 Å². The smallest absolute Gasteiger partial charge is 0.160 e. The van der Waals surface area contributed by atoms with Crippen LogP contribution in [-0.4, -0.2) is 19.1 Å². The van der Waals surface area contributed by atoms with E-state index in [-0.39, 0.29) is 0 Å². The summed E-state index contributed by atoms with van der Waals surface area (Å²) < 4.78 is 4.76. The molecule has 0 atom stereocenters. The molecule has 0 saturated carbocycles. The highest BCUT2D eigenvalue weighted by Crippen LogP contribution is 2.40. The zero-order valence-corrected chi connectivity index (χ0v) is 33.6. The van der Waals surface area contributed by atoms with Crippen LogP contribution in [0.2, 0.25) is 0 Å². The summed E-state index contributed by atoms with van der Waals surface area (Å²) in [4.78, 5) is 10.5. The van der Waals surface area contributed by atoms with E-state index in [0.717, 1.165) is 44.6 Å². The Labute approximate surface area is 357 Å². The number of hydrogen-bond acceptors (Lipinski definition) is 2. The first kappa shape index (κ1) is 34.5. The van der Waals surface area contributed by atoms with Gasteiger partial charge in [-0.25, -0.2) is 9.97 Å². The Balaban J connectivity index is 0.940. The molecule has 4 nitrogen and oxygen atoms in total. The first-order valence-corrected chi connectivity index (χ1v) is 21.2. The van der Waals surface area contributed by atoms with Crippen molar-refractivity contribution >= 4 is 76.1 Å². The van der Waals surface area contributed by atoms with Gasteiger partial charge in [0, 0.05) is 49.4 Å². The average Bonchev–Trinajstić information content (AvgIpc) is 3.86. The molecule has 0 fully saturated rings. The SMILES string of the molecule is c1ccc(-n2c3ccccc3c3cc(-c4ccc5c(c4)c4ccccc4n5-c4ccc(-c5nc(-c6ccc7ccccc7c6)nc6ccc7ccccc7c56)cc4)ccc32)cc1. The van der Waals surface area contributed by atoms with Crippen molar-refractivity contribution in [3.63, 3.8) is 0 Å². The number of fused-ring (bicyclic) bond motifs is 10.